The van der Waals surface area contributed by atoms with Crippen molar-refractivity contribution in [3.63, 3.8) is 0 Å². The zero-order chi connectivity index (χ0) is 15.9. The van der Waals surface area contributed by atoms with Crippen LogP contribution in [0, 0.1) is 0 Å². The van der Waals surface area contributed by atoms with Crippen molar-refractivity contribution in [2.24, 2.45) is 0 Å². The van der Waals surface area contributed by atoms with Crippen LogP contribution in [0.1, 0.15) is 60.3 Å². The first-order valence-electron chi connectivity index (χ1n) is 8.11. The van der Waals surface area contributed by atoms with E-state index in [1.54, 1.807) is 0 Å². The molecule has 0 aromatic carbocycles. The van der Waals surface area contributed by atoms with Crippen LogP contribution in [0.25, 0.3) is 0 Å². The monoisotopic (exact) mass is 300 g/mol. The minimum atomic E-state index is -0.449. The maximum absolute atomic E-state index is 11.7. The average molecular weight is 300 g/mol. The second-order valence-corrected chi connectivity index (χ2v) is 7.06. The summed E-state index contributed by atoms with van der Waals surface area (Å²) in [5, 5.41) is 6.36. The van der Waals surface area contributed by atoms with Crippen LogP contribution in [-0.2, 0) is 9.47 Å². The Balaban J connectivity index is 2.11. The van der Waals surface area contributed by atoms with Gasteiger partial charge in [-0.05, 0) is 66.8 Å². The summed E-state index contributed by atoms with van der Waals surface area (Å²) >= 11 is 0. The fourth-order valence-corrected chi connectivity index (χ4v) is 2.54. The third kappa shape index (κ3) is 8.94. The molecule has 0 aromatic heterocycles. The van der Waals surface area contributed by atoms with Crippen molar-refractivity contribution in [3.8, 4) is 0 Å². The lowest BCUT2D eigenvalue weighted by Gasteiger charge is -2.24. The van der Waals surface area contributed by atoms with E-state index < -0.39 is 5.60 Å². The highest BCUT2D eigenvalue weighted by Gasteiger charge is 2.19. The van der Waals surface area contributed by atoms with Gasteiger partial charge < -0.3 is 20.1 Å². The van der Waals surface area contributed by atoms with Gasteiger partial charge in [0.15, 0.2) is 0 Å². The molecule has 21 heavy (non-hydrogen) atoms. The third-order valence-corrected chi connectivity index (χ3v) is 3.45. The Bertz CT molecular complexity index is 309. The summed E-state index contributed by atoms with van der Waals surface area (Å²) in [6.07, 6.45) is 4.41. The van der Waals surface area contributed by atoms with Crippen molar-refractivity contribution < 1.29 is 14.3 Å². The van der Waals surface area contributed by atoms with E-state index in [2.05, 4.69) is 17.6 Å². The molecule has 1 saturated heterocycles. The van der Waals surface area contributed by atoms with Crippen LogP contribution in [0.3, 0.4) is 0 Å². The second-order valence-electron chi connectivity index (χ2n) is 7.06. The molecule has 0 aliphatic carbocycles. The van der Waals surface area contributed by atoms with Gasteiger partial charge in [0.25, 0.3) is 0 Å². The molecule has 1 aliphatic rings. The standard InChI is InChI=1S/C16H32N2O3/c1-12(17-9-8-14-7-6-10-20-14)11-13(2)18-15(19)21-16(3,4)5/h12-14,17H,6-11H2,1-5H3,(H,18,19)/t12-,13-,14+/m1/s1. The van der Waals surface area contributed by atoms with Gasteiger partial charge >= 0.3 is 6.09 Å². The number of ether oxygens (including phenoxy) is 2. The predicted octanol–water partition coefficient (Wildman–Crippen LogP) is 2.84. The quantitative estimate of drug-likeness (QED) is 0.759. The molecule has 1 rings (SSSR count). The van der Waals surface area contributed by atoms with Gasteiger partial charge in [-0.1, -0.05) is 0 Å². The van der Waals surface area contributed by atoms with Gasteiger partial charge in [-0.2, -0.15) is 0 Å². The first-order valence-corrected chi connectivity index (χ1v) is 8.11. The zero-order valence-corrected chi connectivity index (χ0v) is 14.2. The highest BCUT2D eigenvalue weighted by molar-refractivity contribution is 5.68. The number of carbonyl (C=O) groups is 1. The topological polar surface area (TPSA) is 59.6 Å². The van der Waals surface area contributed by atoms with E-state index in [-0.39, 0.29) is 12.1 Å². The van der Waals surface area contributed by atoms with Crippen molar-refractivity contribution in [2.75, 3.05) is 13.2 Å². The van der Waals surface area contributed by atoms with E-state index in [1.165, 1.54) is 12.8 Å². The van der Waals surface area contributed by atoms with Gasteiger partial charge in [-0.25, -0.2) is 4.79 Å². The van der Waals surface area contributed by atoms with E-state index in [4.69, 9.17) is 9.47 Å². The fraction of sp³-hybridized carbons (Fsp3) is 0.938. The van der Waals surface area contributed by atoms with E-state index in [9.17, 15) is 4.79 Å². The summed E-state index contributed by atoms with van der Waals surface area (Å²) in [7, 11) is 0. The predicted molar refractivity (Wildman–Crippen MR) is 84.5 cm³/mol. The van der Waals surface area contributed by atoms with Crippen LogP contribution in [0.4, 0.5) is 4.79 Å². The highest BCUT2D eigenvalue weighted by atomic mass is 16.6. The van der Waals surface area contributed by atoms with Crippen LogP contribution >= 0.6 is 0 Å². The molecule has 0 radical (unpaired) electrons. The molecule has 0 aromatic rings. The first kappa shape index (κ1) is 18.2. The van der Waals surface area contributed by atoms with Crippen LogP contribution in [0.15, 0.2) is 0 Å². The number of rotatable bonds is 7. The summed E-state index contributed by atoms with van der Waals surface area (Å²) < 4.78 is 10.9. The van der Waals surface area contributed by atoms with Crippen molar-refractivity contribution in [1.29, 1.82) is 0 Å². The molecule has 1 heterocycles. The Labute approximate surface area is 129 Å². The summed E-state index contributed by atoms with van der Waals surface area (Å²) in [5.74, 6) is 0. The number of hydrogen-bond acceptors (Lipinski definition) is 4. The van der Waals surface area contributed by atoms with E-state index >= 15 is 0 Å². The van der Waals surface area contributed by atoms with Gasteiger partial charge in [0.1, 0.15) is 5.60 Å². The van der Waals surface area contributed by atoms with Gasteiger partial charge in [0, 0.05) is 18.7 Å². The lowest BCUT2D eigenvalue weighted by atomic mass is 10.1. The SMILES string of the molecule is C[C@H](C[C@@H](C)NC(=O)OC(C)(C)C)NCC[C@@H]1CCCO1. The van der Waals surface area contributed by atoms with E-state index in [0.29, 0.717) is 12.1 Å². The molecular formula is C16H32N2O3. The van der Waals surface area contributed by atoms with Crippen molar-refractivity contribution in [1.82, 2.24) is 10.6 Å². The molecular weight excluding hydrogens is 268 g/mol. The van der Waals surface area contributed by atoms with Gasteiger partial charge in [0.2, 0.25) is 0 Å². The van der Waals surface area contributed by atoms with Crippen LogP contribution in [0.5, 0.6) is 0 Å². The molecule has 0 saturated carbocycles. The molecule has 0 unspecified atom stereocenters. The second kappa shape index (κ2) is 8.59. The van der Waals surface area contributed by atoms with E-state index in [1.807, 2.05) is 27.7 Å². The van der Waals surface area contributed by atoms with Crippen LogP contribution in [0.2, 0.25) is 0 Å². The molecule has 1 aliphatic heterocycles. The number of nitrogens with one attached hydrogen (secondary N) is 2. The lowest BCUT2D eigenvalue weighted by molar-refractivity contribution is 0.0504. The maximum atomic E-state index is 11.7. The lowest BCUT2D eigenvalue weighted by Crippen LogP contribution is -2.41. The molecule has 2 N–H and O–H groups in total. The summed E-state index contributed by atoms with van der Waals surface area (Å²) in [4.78, 5) is 11.7. The molecule has 1 amide bonds. The molecule has 5 heteroatoms. The highest BCUT2D eigenvalue weighted by Crippen LogP contribution is 2.14. The largest absolute Gasteiger partial charge is 0.444 e. The fourth-order valence-electron chi connectivity index (χ4n) is 2.54. The molecule has 124 valence electrons. The summed E-state index contributed by atoms with van der Waals surface area (Å²) in [6.45, 7) is 11.6. The van der Waals surface area contributed by atoms with Crippen molar-refractivity contribution in [2.45, 2.75) is 84.1 Å². The molecule has 3 atom stereocenters. The van der Waals surface area contributed by atoms with Crippen LogP contribution in [-0.4, -0.2) is 43.0 Å². The first-order chi connectivity index (χ1) is 9.76. The van der Waals surface area contributed by atoms with Crippen LogP contribution < -0.4 is 10.6 Å². The number of carbonyl (C=O) groups excluding carboxylic acids is 1. The normalized spacial score (nSPS) is 21.9. The number of hydrogen-bond donors (Lipinski definition) is 2. The summed E-state index contributed by atoms with van der Waals surface area (Å²) in [6, 6.07) is 0.446. The Morgan fingerprint density at radius 1 is 1.33 bits per heavy atom. The van der Waals surface area contributed by atoms with E-state index in [0.717, 1.165) is 26.0 Å². The minimum Gasteiger partial charge on any atom is -0.444 e. The Hall–Kier alpha value is -0.810. The van der Waals surface area contributed by atoms with Gasteiger partial charge in [0.05, 0.1) is 6.10 Å². The van der Waals surface area contributed by atoms with Crippen molar-refractivity contribution in [3.05, 3.63) is 0 Å². The Morgan fingerprint density at radius 2 is 2.05 bits per heavy atom. The molecule has 5 nitrogen and oxygen atoms in total. The number of alkyl carbamates (subject to hydrolysis) is 1. The Kier molecular flexibility index (Phi) is 7.46. The zero-order valence-electron chi connectivity index (χ0n) is 14.2. The third-order valence-electron chi connectivity index (χ3n) is 3.45. The Morgan fingerprint density at radius 3 is 2.62 bits per heavy atom. The molecule has 0 bridgehead atoms. The molecule has 0 spiro atoms. The average Bonchev–Trinajstić information content (AvgIpc) is 2.78. The maximum Gasteiger partial charge on any atom is 0.407 e. The number of amides is 1. The summed E-state index contributed by atoms with van der Waals surface area (Å²) in [5.41, 5.74) is -0.449. The minimum absolute atomic E-state index is 0.0880. The van der Waals surface area contributed by atoms with Gasteiger partial charge in [-0.3, -0.25) is 0 Å². The van der Waals surface area contributed by atoms with Crippen molar-refractivity contribution >= 4 is 6.09 Å². The van der Waals surface area contributed by atoms with Gasteiger partial charge in [-0.15, -0.1) is 0 Å². The molecule has 1 fully saturated rings. The smallest absolute Gasteiger partial charge is 0.407 e.